The highest BCUT2D eigenvalue weighted by molar-refractivity contribution is 7.99. The van der Waals surface area contributed by atoms with Crippen molar-refractivity contribution in [3.8, 4) is 0 Å². The largest absolute Gasteiger partial charge is 0.379 e. The Bertz CT molecular complexity index is 598. The summed E-state index contributed by atoms with van der Waals surface area (Å²) in [5, 5.41) is 3.98. The molecule has 2 heterocycles. The molecule has 2 aliphatic rings. The predicted molar refractivity (Wildman–Crippen MR) is 106 cm³/mol. The Hall–Kier alpha value is -1.37. The highest BCUT2D eigenvalue weighted by Gasteiger charge is 2.11. The fourth-order valence-corrected chi connectivity index (χ4v) is 4.12. The van der Waals surface area contributed by atoms with Crippen molar-refractivity contribution < 1.29 is 9.53 Å². The second-order valence-corrected chi connectivity index (χ2v) is 7.92. The van der Waals surface area contributed by atoms with Gasteiger partial charge in [0.2, 0.25) is 0 Å². The zero-order valence-electron chi connectivity index (χ0n) is 15.4. The molecule has 1 fully saturated rings. The number of amides is 1. The van der Waals surface area contributed by atoms with Crippen LogP contribution in [0.4, 0.5) is 0 Å². The van der Waals surface area contributed by atoms with Crippen LogP contribution < -0.4 is 5.32 Å². The smallest absolute Gasteiger partial charge is 0.252 e. The molecule has 1 aromatic heterocycles. The van der Waals surface area contributed by atoms with Gasteiger partial charge < -0.3 is 10.1 Å². The SMILES string of the molecule is O=C(NCCC1=CCCCC1)c1ccc(SCCN2CCOCC2)nc1. The average molecular weight is 376 g/mol. The van der Waals surface area contributed by atoms with Gasteiger partial charge in [-0.15, -0.1) is 11.8 Å². The summed E-state index contributed by atoms with van der Waals surface area (Å²) in [6.07, 6.45) is 9.96. The first-order valence-corrected chi connectivity index (χ1v) is 10.6. The molecule has 0 radical (unpaired) electrons. The van der Waals surface area contributed by atoms with Gasteiger partial charge in [-0.3, -0.25) is 9.69 Å². The number of thioether (sulfide) groups is 1. The molecule has 3 rings (SSSR count). The molecule has 0 spiro atoms. The van der Waals surface area contributed by atoms with Gasteiger partial charge in [0.1, 0.15) is 0 Å². The third-order valence-corrected chi connectivity index (χ3v) is 5.80. The van der Waals surface area contributed by atoms with E-state index in [1.54, 1.807) is 18.0 Å². The fraction of sp³-hybridized carbons (Fsp3) is 0.600. The first-order chi connectivity index (χ1) is 12.8. The minimum Gasteiger partial charge on any atom is -0.379 e. The summed E-state index contributed by atoms with van der Waals surface area (Å²) < 4.78 is 5.36. The van der Waals surface area contributed by atoms with E-state index < -0.39 is 0 Å². The van der Waals surface area contributed by atoms with E-state index in [0.29, 0.717) is 12.1 Å². The van der Waals surface area contributed by atoms with Crippen LogP contribution in [0.2, 0.25) is 0 Å². The summed E-state index contributed by atoms with van der Waals surface area (Å²) in [5.74, 6) is 0.979. The summed E-state index contributed by atoms with van der Waals surface area (Å²) in [6, 6.07) is 3.82. The molecule has 1 aliphatic carbocycles. The first-order valence-electron chi connectivity index (χ1n) is 9.66. The number of allylic oxidation sites excluding steroid dienone is 1. The Balaban J connectivity index is 1.36. The van der Waals surface area contributed by atoms with E-state index in [1.807, 2.05) is 12.1 Å². The minimum absolute atomic E-state index is 0.0289. The summed E-state index contributed by atoms with van der Waals surface area (Å²) in [4.78, 5) is 19.1. The molecular formula is C20H29N3O2S. The van der Waals surface area contributed by atoms with Crippen LogP contribution in [0, 0.1) is 0 Å². The number of morpholine rings is 1. The molecule has 0 atom stereocenters. The van der Waals surface area contributed by atoms with E-state index in [0.717, 1.165) is 50.0 Å². The Labute approximate surface area is 160 Å². The van der Waals surface area contributed by atoms with Gasteiger partial charge in [-0.2, -0.15) is 0 Å². The van der Waals surface area contributed by atoms with E-state index in [2.05, 4.69) is 21.3 Å². The van der Waals surface area contributed by atoms with Crippen LogP contribution in [0.1, 0.15) is 42.5 Å². The second-order valence-electron chi connectivity index (χ2n) is 6.80. The van der Waals surface area contributed by atoms with Gasteiger partial charge in [0.15, 0.2) is 0 Å². The predicted octanol–water partition coefficient (Wildman–Crippen LogP) is 3.13. The molecule has 26 heavy (non-hydrogen) atoms. The van der Waals surface area contributed by atoms with Gasteiger partial charge in [0.25, 0.3) is 5.91 Å². The van der Waals surface area contributed by atoms with E-state index >= 15 is 0 Å². The average Bonchev–Trinajstić information content (AvgIpc) is 2.70. The Kier molecular flexibility index (Phi) is 7.98. The number of rotatable bonds is 8. The number of nitrogens with zero attached hydrogens (tertiary/aromatic N) is 2. The summed E-state index contributed by atoms with van der Waals surface area (Å²) in [6.45, 7) is 5.47. The molecule has 0 saturated carbocycles. The lowest BCUT2D eigenvalue weighted by Gasteiger charge is -2.26. The molecule has 0 bridgehead atoms. The van der Waals surface area contributed by atoms with Crippen LogP contribution in [0.5, 0.6) is 0 Å². The van der Waals surface area contributed by atoms with Gasteiger partial charge in [0, 0.05) is 38.1 Å². The molecule has 1 aromatic rings. The molecule has 0 unspecified atom stereocenters. The van der Waals surface area contributed by atoms with Gasteiger partial charge in [-0.05, 0) is 44.2 Å². The summed E-state index contributed by atoms with van der Waals surface area (Å²) in [5.41, 5.74) is 2.13. The van der Waals surface area contributed by atoms with Gasteiger partial charge >= 0.3 is 0 Å². The van der Waals surface area contributed by atoms with Crippen molar-refractivity contribution in [3.05, 3.63) is 35.5 Å². The molecule has 6 heteroatoms. The van der Waals surface area contributed by atoms with Crippen molar-refractivity contribution in [2.75, 3.05) is 45.1 Å². The normalized spacial score (nSPS) is 18.4. The van der Waals surface area contributed by atoms with Crippen molar-refractivity contribution >= 4 is 17.7 Å². The molecular weight excluding hydrogens is 346 g/mol. The Morgan fingerprint density at radius 2 is 2.15 bits per heavy atom. The number of ether oxygens (including phenoxy) is 1. The summed E-state index contributed by atoms with van der Waals surface area (Å²) >= 11 is 1.74. The molecule has 142 valence electrons. The molecule has 1 aliphatic heterocycles. The minimum atomic E-state index is -0.0289. The van der Waals surface area contributed by atoms with Crippen molar-refractivity contribution in [1.29, 1.82) is 0 Å². The van der Waals surface area contributed by atoms with E-state index in [9.17, 15) is 4.79 Å². The van der Waals surface area contributed by atoms with Crippen molar-refractivity contribution in [3.63, 3.8) is 0 Å². The topological polar surface area (TPSA) is 54.5 Å². The molecule has 0 aromatic carbocycles. The van der Waals surface area contributed by atoms with Crippen molar-refractivity contribution in [1.82, 2.24) is 15.2 Å². The second kappa shape index (κ2) is 10.7. The number of hydrogen-bond acceptors (Lipinski definition) is 5. The van der Waals surface area contributed by atoms with Crippen molar-refractivity contribution in [2.45, 2.75) is 37.1 Å². The highest BCUT2D eigenvalue weighted by atomic mass is 32.2. The molecule has 1 saturated heterocycles. The number of carbonyl (C=O) groups excluding carboxylic acids is 1. The lowest BCUT2D eigenvalue weighted by atomic mass is 9.97. The number of nitrogens with one attached hydrogen (secondary N) is 1. The summed E-state index contributed by atoms with van der Waals surface area (Å²) in [7, 11) is 0. The molecule has 5 nitrogen and oxygen atoms in total. The van der Waals surface area contributed by atoms with Crippen molar-refractivity contribution in [2.24, 2.45) is 0 Å². The number of hydrogen-bond donors (Lipinski definition) is 1. The molecule has 1 N–H and O–H groups in total. The third-order valence-electron chi connectivity index (χ3n) is 4.88. The van der Waals surface area contributed by atoms with Crippen LogP contribution in [0.25, 0.3) is 0 Å². The number of pyridine rings is 1. The fourth-order valence-electron chi connectivity index (χ4n) is 3.27. The highest BCUT2D eigenvalue weighted by Crippen LogP contribution is 2.19. The van der Waals surface area contributed by atoms with E-state index in [-0.39, 0.29) is 5.91 Å². The maximum Gasteiger partial charge on any atom is 0.252 e. The van der Waals surface area contributed by atoms with E-state index in [1.165, 1.54) is 31.3 Å². The maximum atomic E-state index is 12.2. The van der Waals surface area contributed by atoms with Gasteiger partial charge in [-0.1, -0.05) is 11.6 Å². The van der Waals surface area contributed by atoms with Crippen LogP contribution >= 0.6 is 11.8 Å². The van der Waals surface area contributed by atoms with Crippen LogP contribution in [-0.4, -0.2) is 60.9 Å². The lowest BCUT2D eigenvalue weighted by Crippen LogP contribution is -2.37. The van der Waals surface area contributed by atoms with Crippen LogP contribution in [0.3, 0.4) is 0 Å². The zero-order chi connectivity index (χ0) is 18.0. The van der Waals surface area contributed by atoms with Gasteiger partial charge in [-0.25, -0.2) is 4.98 Å². The number of aromatic nitrogens is 1. The quantitative estimate of drug-likeness (QED) is 0.559. The third kappa shape index (κ3) is 6.41. The maximum absolute atomic E-state index is 12.2. The van der Waals surface area contributed by atoms with E-state index in [4.69, 9.17) is 4.74 Å². The Morgan fingerprint density at radius 3 is 2.88 bits per heavy atom. The monoisotopic (exact) mass is 375 g/mol. The van der Waals surface area contributed by atoms with Gasteiger partial charge in [0.05, 0.1) is 23.8 Å². The van der Waals surface area contributed by atoms with Crippen LogP contribution in [0.15, 0.2) is 35.0 Å². The van der Waals surface area contributed by atoms with Crippen LogP contribution in [-0.2, 0) is 4.74 Å². The standard InChI is InChI=1S/C20H29N3O2S/c24-20(21-9-8-17-4-2-1-3-5-17)18-6-7-19(22-16-18)26-15-12-23-10-13-25-14-11-23/h4,6-7,16H,1-3,5,8-15H2,(H,21,24). The first kappa shape index (κ1) is 19.4. The zero-order valence-corrected chi connectivity index (χ0v) is 16.2. The molecule has 1 amide bonds. The number of carbonyl (C=O) groups is 1. The Morgan fingerprint density at radius 1 is 1.27 bits per heavy atom. The lowest BCUT2D eigenvalue weighted by molar-refractivity contribution is 0.0410.